The van der Waals surface area contributed by atoms with Crippen LogP contribution in [0.2, 0.25) is 0 Å². The van der Waals surface area contributed by atoms with Gasteiger partial charge in [0.25, 0.3) is 0 Å². The maximum absolute atomic E-state index is 10.9. The molecule has 58 valence electrons. The number of hydrogen-bond donors (Lipinski definition) is 0. The molecule has 0 bridgehead atoms. The highest BCUT2D eigenvalue weighted by Gasteiger charge is 2.10. The Labute approximate surface area is 65.9 Å². The third-order valence-electron chi connectivity index (χ3n) is 1.37. The zero-order valence-electron chi connectivity index (χ0n) is 6.28. The highest BCUT2D eigenvalue weighted by atomic mass is 16.5. The predicted molar refractivity (Wildman–Crippen MR) is 40.0 cm³/mol. The lowest BCUT2D eigenvalue weighted by Crippen LogP contribution is -2.11. The van der Waals surface area contributed by atoms with Gasteiger partial charge in [0.1, 0.15) is 0 Å². The molecule has 1 aliphatic rings. The van der Waals surface area contributed by atoms with Crippen molar-refractivity contribution in [3.05, 3.63) is 31.1 Å². The summed E-state index contributed by atoms with van der Waals surface area (Å²) in [5.41, 5.74) is 0.567. The monoisotopic (exact) mass is 151 g/mol. The van der Waals surface area contributed by atoms with E-state index in [-0.39, 0.29) is 5.97 Å². The van der Waals surface area contributed by atoms with E-state index >= 15 is 0 Å². The highest BCUT2D eigenvalue weighted by Crippen LogP contribution is 2.11. The number of carbonyl (C=O) groups excluding carboxylic acids is 1. The Hall–Kier alpha value is -1.25. The minimum atomic E-state index is -0.329. The number of ether oxygens (including phenoxy) is 1. The maximum atomic E-state index is 10.9. The fourth-order valence-electron chi connectivity index (χ4n) is 0.844. The van der Waals surface area contributed by atoms with Gasteiger partial charge in [-0.25, -0.2) is 4.79 Å². The molecule has 1 rings (SSSR count). The van der Waals surface area contributed by atoms with Gasteiger partial charge in [-0.05, 0) is 0 Å². The zero-order valence-corrected chi connectivity index (χ0v) is 6.28. The molecule has 0 amide bonds. The molecule has 0 aromatic rings. The van der Waals surface area contributed by atoms with Crippen molar-refractivity contribution in [2.45, 2.75) is 6.42 Å². The molecule has 0 aromatic heterocycles. The van der Waals surface area contributed by atoms with Crippen molar-refractivity contribution >= 4 is 5.97 Å². The summed E-state index contributed by atoms with van der Waals surface area (Å²) in [4.78, 5) is 12.2. The molecule has 0 fully saturated rings. The first-order valence-electron chi connectivity index (χ1n) is 3.22. The second kappa shape index (κ2) is 3.23. The average Bonchev–Trinajstić information content (AvgIpc) is 2.03. The summed E-state index contributed by atoms with van der Waals surface area (Å²) >= 11 is 0. The minimum Gasteiger partial charge on any atom is -0.466 e. The van der Waals surface area contributed by atoms with Crippen LogP contribution in [0, 0.1) is 7.05 Å². The largest absolute Gasteiger partial charge is 0.466 e. The smallest absolute Gasteiger partial charge is 0.335 e. The summed E-state index contributed by atoms with van der Waals surface area (Å²) in [6, 6.07) is 0. The number of rotatable bonds is 1. The second-order valence-electron chi connectivity index (χ2n) is 2.18. The number of allylic oxidation sites excluding steroid dienone is 1. The van der Waals surface area contributed by atoms with Crippen LogP contribution in [0.3, 0.4) is 0 Å². The van der Waals surface area contributed by atoms with Crippen LogP contribution < -0.4 is 0 Å². The highest BCUT2D eigenvalue weighted by molar-refractivity contribution is 5.88. The lowest BCUT2D eigenvalue weighted by Gasteiger charge is -2.13. The zero-order chi connectivity index (χ0) is 8.27. The molecule has 0 saturated carbocycles. The normalized spacial score (nSPS) is 16.2. The Morgan fingerprint density at radius 1 is 1.82 bits per heavy atom. The van der Waals surface area contributed by atoms with E-state index in [0.29, 0.717) is 12.0 Å². The topological polar surface area (TPSA) is 29.5 Å². The molecule has 0 saturated heterocycles. The van der Waals surface area contributed by atoms with Crippen molar-refractivity contribution in [3.63, 3.8) is 0 Å². The molecule has 0 unspecified atom stereocenters. The van der Waals surface area contributed by atoms with Gasteiger partial charge >= 0.3 is 5.97 Å². The van der Waals surface area contributed by atoms with Gasteiger partial charge in [-0.1, -0.05) is 6.08 Å². The van der Waals surface area contributed by atoms with Crippen LogP contribution in [-0.4, -0.2) is 18.0 Å². The molecular formula is C8H9NO2. The van der Waals surface area contributed by atoms with E-state index in [2.05, 4.69) is 4.74 Å². The number of carbonyl (C=O) groups is 1. The van der Waals surface area contributed by atoms with Gasteiger partial charge in [0.05, 0.1) is 19.7 Å². The van der Waals surface area contributed by atoms with Crippen molar-refractivity contribution in [1.29, 1.82) is 0 Å². The number of methoxy groups -OCH3 is 1. The summed E-state index contributed by atoms with van der Waals surface area (Å²) in [5, 5.41) is 0. The Morgan fingerprint density at radius 2 is 2.55 bits per heavy atom. The third-order valence-corrected chi connectivity index (χ3v) is 1.37. The summed E-state index contributed by atoms with van der Waals surface area (Å²) < 4.78 is 4.51. The van der Waals surface area contributed by atoms with Crippen LogP contribution in [-0.2, 0) is 9.53 Å². The van der Waals surface area contributed by atoms with Gasteiger partial charge in [0, 0.05) is 18.8 Å². The van der Waals surface area contributed by atoms with Crippen molar-refractivity contribution < 1.29 is 9.53 Å². The molecule has 3 nitrogen and oxygen atoms in total. The van der Waals surface area contributed by atoms with Gasteiger partial charge in [-0.3, -0.25) is 0 Å². The Bertz CT molecular complexity index is 218. The first kappa shape index (κ1) is 7.85. The van der Waals surface area contributed by atoms with Crippen molar-refractivity contribution in [3.8, 4) is 0 Å². The second-order valence-corrected chi connectivity index (χ2v) is 2.18. The Kier molecular flexibility index (Phi) is 2.31. The van der Waals surface area contributed by atoms with Gasteiger partial charge in [0.2, 0.25) is 0 Å². The molecule has 1 heterocycles. The summed E-state index contributed by atoms with van der Waals surface area (Å²) in [6.45, 7) is 0. The van der Waals surface area contributed by atoms with E-state index in [0.717, 1.165) is 0 Å². The molecule has 0 aliphatic carbocycles. The SMILES string of the molecule is [CH]N1C=CCC(C(=O)OC)=C1. The molecular weight excluding hydrogens is 142 g/mol. The van der Waals surface area contributed by atoms with Crippen LogP contribution in [0.4, 0.5) is 0 Å². The van der Waals surface area contributed by atoms with Crippen molar-refractivity contribution in [1.82, 2.24) is 4.90 Å². The fraction of sp³-hybridized carbons (Fsp3) is 0.250. The quantitative estimate of drug-likeness (QED) is 0.522. The lowest BCUT2D eigenvalue weighted by atomic mass is 10.1. The third kappa shape index (κ3) is 1.83. The van der Waals surface area contributed by atoms with Crippen LogP contribution in [0.25, 0.3) is 0 Å². The molecule has 1 aliphatic heterocycles. The predicted octanol–water partition coefficient (Wildman–Crippen LogP) is 0.931. The number of esters is 1. The van der Waals surface area contributed by atoms with E-state index in [1.807, 2.05) is 0 Å². The molecule has 0 N–H and O–H groups in total. The lowest BCUT2D eigenvalue weighted by molar-refractivity contribution is -0.136. The molecule has 0 atom stereocenters. The van der Waals surface area contributed by atoms with Gasteiger partial charge in [0.15, 0.2) is 0 Å². The van der Waals surface area contributed by atoms with Gasteiger partial charge in [-0.15, -0.1) is 0 Å². The van der Waals surface area contributed by atoms with E-state index in [4.69, 9.17) is 7.05 Å². The molecule has 0 spiro atoms. The van der Waals surface area contributed by atoms with Gasteiger partial charge in [-0.2, -0.15) is 0 Å². The molecule has 2 radical (unpaired) electrons. The Morgan fingerprint density at radius 3 is 3.09 bits per heavy atom. The first-order chi connectivity index (χ1) is 5.24. The van der Waals surface area contributed by atoms with Crippen LogP contribution >= 0.6 is 0 Å². The van der Waals surface area contributed by atoms with E-state index < -0.39 is 0 Å². The average molecular weight is 151 g/mol. The first-order valence-corrected chi connectivity index (χ1v) is 3.22. The van der Waals surface area contributed by atoms with E-state index in [1.165, 1.54) is 12.0 Å². The molecule has 11 heavy (non-hydrogen) atoms. The molecule has 0 aromatic carbocycles. The fourth-order valence-corrected chi connectivity index (χ4v) is 0.844. The summed E-state index contributed by atoms with van der Waals surface area (Å²) in [7, 11) is 6.73. The van der Waals surface area contributed by atoms with Crippen molar-refractivity contribution in [2.24, 2.45) is 0 Å². The summed E-state index contributed by atoms with van der Waals surface area (Å²) in [6.07, 6.45) is 5.62. The number of nitrogens with zero attached hydrogens (tertiary/aromatic N) is 1. The Balaban J connectivity index is 2.66. The standard InChI is InChI=1S/C8H9NO2/c1-9-5-3-4-7(6-9)8(10)11-2/h1,3,5-6H,4H2,2H3. The summed E-state index contributed by atoms with van der Waals surface area (Å²) in [5.74, 6) is -0.329. The van der Waals surface area contributed by atoms with E-state index in [1.54, 1.807) is 18.5 Å². The van der Waals surface area contributed by atoms with Crippen molar-refractivity contribution in [2.75, 3.05) is 7.11 Å². The van der Waals surface area contributed by atoms with Crippen LogP contribution in [0.1, 0.15) is 6.42 Å². The van der Waals surface area contributed by atoms with E-state index in [9.17, 15) is 4.79 Å². The van der Waals surface area contributed by atoms with Gasteiger partial charge < -0.3 is 9.64 Å². The van der Waals surface area contributed by atoms with Crippen LogP contribution in [0.5, 0.6) is 0 Å². The number of hydrogen-bond acceptors (Lipinski definition) is 3. The maximum Gasteiger partial charge on any atom is 0.335 e. The molecule has 3 heteroatoms. The minimum absolute atomic E-state index is 0.329. The van der Waals surface area contributed by atoms with Crippen LogP contribution in [0.15, 0.2) is 24.0 Å².